The molecule has 2 aliphatic rings. The maximum atomic E-state index is 13.5. The van der Waals surface area contributed by atoms with Crippen LogP contribution in [0.15, 0.2) is 71.2 Å². The Hall–Kier alpha value is -2.92. The van der Waals surface area contributed by atoms with Crippen molar-refractivity contribution in [3.63, 3.8) is 0 Å². The lowest BCUT2D eigenvalue weighted by Gasteiger charge is -2.32. The van der Waals surface area contributed by atoms with E-state index in [-0.39, 0.29) is 30.0 Å². The fourth-order valence-corrected chi connectivity index (χ4v) is 7.71. The van der Waals surface area contributed by atoms with E-state index in [1.54, 1.807) is 18.2 Å². The number of rotatable bonds is 8. The number of likely N-dealkylation sites (tertiary alicyclic amines) is 1. The molecule has 0 aliphatic carbocycles. The Morgan fingerprint density at radius 3 is 2.52 bits per heavy atom. The van der Waals surface area contributed by atoms with E-state index in [1.165, 1.54) is 29.0 Å². The van der Waals surface area contributed by atoms with E-state index in [2.05, 4.69) is 49.7 Å². The lowest BCUT2D eigenvalue weighted by atomic mass is 9.99. The highest BCUT2D eigenvalue weighted by Gasteiger charge is 2.33. The van der Waals surface area contributed by atoms with E-state index in [1.807, 2.05) is 12.1 Å². The van der Waals surface area contributed by atoms with Crippen molar-refractivity contribution in [2.75, 3.05) is 26.2 Å². The average molecular weight is 687 g/mol. The zero-order valence-corrected chi connectivity index (χ0v) is 26.7. The van der Waals surface area contributed by atoms with Gasteiger partial charge in [0.05, 0.1) is 16.5 Å². The standard InChI is InChI=1S/C34H35BrF3N3O2S/c35-30-17-22(5-8-31(30)43-26-9-13-39-14-10-26)21-41-15-11-25(12-16-41)40-33(42)20-27-18-24-7-6-23(19-32(24)44-27)28-3-1-2-4-29(28)34(36,37)38/h1-8,17-19,25-26,39H,9-16,20-21H2,(H,40,42). The molecule has 2 fully saturated rings. The second-order valence-corrected chi connectivity index (χ2v) is 13.7. The van der Waals surface area contributed by atoms with Gasteiger partial charge < -0.3 is 15.4 Å². The van der Waals surface area contributed by atoms with Gasteiger partial charge in [-0.3, -0.25) is 9.69 Å². The molecule has 10 heteroatoms. The number of carbonyl (C=O) groups excluding carboxylic acids is 1. The van der Waals surface area contributed by atoms with Gasteiger partial charge >= 0.3 is 6.18 Å². The molecule has 2 N–H and O–H groups in total. The molecule has 0 bridgehead atoms. The third-order valence-corrected chi connectivity index (χ3v) is 10.1. The van der Waals surface area contributed by atoms with Crippen LogP contribution in [0.25, 0.3) is 21.2 Å². The van der Waals surface area contributed by atoms with Crippen LogP contribution in [0.5, 0.6) is 5.75 Å². The van der Waals surface area contributed by atoms with Crippen molar-refractivity contribution in [1.29, 1.82) is 0 Å². The van der Waals surface area contributed by atoms with Crippen LogP contribution >= 0.6 is 27.3 Å². The van der Waals surface area contributed by atoms with Crippen molar-refractivity contribution in [2.24, 2.45) is 0 Å². The minimum atomic E-state index is -4.43. The monoisotopic (exact) mass is 685 g/mol. The average Bonchev–Trinajstić information content (AvgIpc) is 3.41. The highest BCUT2D eigenvalue weighted by Crippen LogP contribution is 2.39. The molecular weight excluding hydrogens is 651 g/mol. The van der Waals surface area contributed by atoms with Crippen molar-refractivity contribution in [1.82, 2.24) is 15.5 Å². The summed E-state index contributed by atoms with van der Waals surface area (Å²) in [6, 6.07) is 19.4. The van der Waals surface area contributed by atoms with Gasteiger partial charge in [-0.15, -0.1) is 11.3 Å². The maximum absolute atomic E-state index is 13.5. The number of benzene rings is 3. The topological polar surface area (TPSA) is 53.6 Å². The SMILES string of the molecule is O=C(Cc1cc2ccc(-c3ccccc3C(F)(F)F)cc2s1)NC1CCN(Cc2ccc(OC3CCNCC3)c(Br)c2)CC1. The molecule has 0 radical (unpaired) electrons. The Balaban J connectivity index is 0.996. The summed E-state index contributed by atoms with van der Waals surface area (Å²) in [5, 5.41) is 7.49. The molecule has 1 aromatic heterocycles. The first-order valence-electron chi connectivity index (χ1n) is 15.1. The lowest BCUT2D eigenvalue weighted by Crippen LogP contribution is -2.44. The van der Waals surface area contributed by atoms with Crippen molar-refractivity contribution >= 4 is 43.3 Å². The number of nitrogens with zero attached hydrogens (tertiary/aromatic N) is 1. The van der Waals surface area contributed by atoms with E-state index in [0.29, 0.717) is 5.56 Å². The van der Waals surface area contributed by atoms with Crippen LogP contribution in [0.1, 0.15) is 41.7 Å². The van der Waals surface area contributed by atoms with Gasteiger partial charge in [0.15, 0.2) is 0 Å². The van der Waals surface area contributed by atoms with E-state index < -0.39 is 11.7 Å². The molecule has 44 heavy (non-hydrogen) atoms. The lowest BCUT2D eigenvalue weighted by molar-refractivity contribution is -0.137. The molecular formula is C34H35BrF3N3O2S. The number of alkyl halides is 3. The number of hydrogen-bond donors (Lipinski definition) is 2. The quantitative estimate of drug-likeness (QED) is 0.199. The third-order valence-electron chi connectivity index (χ3n) is 8.38. The molecule has 2 saturated heterocycles. The predicted octanol–water partition coefficient (Wildman–Crippen LogP) is 7.80. The zero-order valence-electron chi connectivity index (χ0n) is 24.3. The van der Waals surface area contributed by atoms with Crippen LogP contribution in [-0.2, 0) is 23.9 Å². The summed E-state index contributed by atoms with van der Waals surface area (Å²) in [6.07, 6.45) is -0.0909. The van der Waals surface area contributed by atoms with Gasteiger partial charge in [0.1, 0.15) is 11.9 Å². The van der Waals surface area contributed by atoms with Gasteiger partial charge in [-0.1, -0.05) is 36.4 Å². The largest absolute Gasteiger partial charge is 0.489 e. The molecule has 5 nitrogen and oxygen atoms in total. The predicted molar refractivity (Wildman–Crippen MR) is 173 cm³/mol. The molecule has 4 aromatic rings. The maximum Gasteiger partial charge on any atom is 0.417 e. The summed E-state index contributed by atoms with van der Waals surface area (Å²) in [5.74, 6) is 0.874. The number of fused-ring (bicyclic) bond motifs is 1. The smallest absolute Gasteiger partial charge is 0.417 e. The van der Waals surface area contributed by atoms with Crippen LogP contribution in [0, 0.1) is 0 Å². The Morgan fingerprint density at radius 2 is 1.77 bits per heavy atom. The Bertz CT molecular complexity index is 1610. The number of thiophene rings is 1. The molecule has 6 rings (SSSR count). The number of hydrogen-bond acceptors (Lipinski definition) is 5. The zero-order chi connectivity index (χ0) is 30.7. The fourth-order valence-electron chi connectivity index (χ4n) is 6.08. The van der Waals surface area contributed by atoms with E-state index >= 15 is 0 Å². The second kappa shape index (κ2) is 13.6. The molecule has 0 atom stereocenters. The van der Waals surface area contributed by atoms with Gasteiger partial charge in [0.2, 0.25) is 5.91 Å². The minimum absolute atomic E-state index is 0.0223. The molecule has 232 valence electrons. The summed E-state index contributed by atoms with van der Waals surface area (Å²) in [6.45, 7) is 4.65. The fraction of sp³-hybridized carbons (Fsp3) is 0.382. The van der Waals surface area contributed by atoms with Gasteiger partial charge in [-0.25, -0.2) is 0 Å². The molecule has 0 unspecified atom stereocenters. The van der Waals surface area contributed by atoms with Gasteiger partial charge in [0.25, 0.3) is 0 Å². The van der Waals surface area contributed by atoms with E-state index in [4.69, 9.17) is 4.74 Å². The first-order valence-corrected chi connectivity index (χ1v) is 16.7. The summed E-state index contributed by atoms with van der Waals surface area (Å²) >= 11 is 5.15. The Labute approximate surface area is 267 Å². The molecule has 0 spiro atoms. The third kappa shape index (κ3) is 7.65. The van der Waals surface area contributed by atoms with Crippen LogP contribution in [0.3, 0.4) is 0 Å². The molecule has 0 saturated carbocycles. The normalized spacial score (nSPS) is 17.2. The van der Waals surface area contributed by atoms with Gasteiger partial charge in [-0.2, -0.15) is 13.2 Å². The van der Waals surface area contributed by atoms with Crippen molar-refractivity contribution in [3.8, 4) is 16.9 Å². The summed E-state index contributed by atoms with van der Waals surface area (Å²) < 4.78 is 48.7. The molecule has 2 aliphatic heterocycles. The Kier molecular flexibility index (Phi) is 9.61. The number of ether oxygens (including phenoxy) is 1. The second-order valence-electron chi connectivity index (χ2n) is 11.6. The highest BCUT2D eigenvalue weighted by molar-refractivity contribution is 9.10. The molecule has 3 aromatic carbocycles. The number of piperidine rings is 2. The van der Waals surface area contributed by atoms with Crippen LogP contribution in [0.2, 0.25) is 0 Å². The number of nitrogens with one attached hydrogen (secondary N) is 2. The minimum Gasteiger partial charge on any atom is -0.489 e. The molecule has 3 heterocycles. The summed E-state index contributed by atoms with van der Waals surface area (Å²) in [7, 11) is 0. The van der Waals surface area contributed by atoms with E-state index in [9.17, 15) is 18.0 Å². The highest BCUT2D eigenvalue weighted by atomic mass is 79.9. The summed E-state index contributed by atoms with van der Waals surface area (Å²) in [4.78, 5) is 16.2. The van der Waals surface area contributed by atoms with Crippen molar-refractivity contribution in [2.45, 2.75) is 57.0 Å². The number of amides is 1. The van der Waals surface area contributed by atoms with Crippen molar-refractivity contribution < 1.29 is 22.7 Å². The van der Waals surface area contributed by atoms with Crippen molar-refractivity contribution in [3.05, 3.63) is 87.2 Å². The number of halogens is 4. The van der Waals surface area contributed by atoms with E-state index in [0.717, 1.165) is 89.7 Å². The van der Waals surface area contributed by atoms with Crippen LogP contribution < -0.4 is 15.4 Å². The summed E-state index contributed by atoms with van der Waals surface area (Å²) in [5.41, 5.74) is 1.26. The van der Waals surface area contributed by atoms with Crippen LogP contribution in [0.4, 0.5) is 13.2 Å². The number of carbonyl (C=O) groups is 1. The van der Waals surface area contributed by atoms with Gasteiger partial charge in [0, 0.05) is 35.3 Å². The Morgan fingerprint density at radius 1 is 1.00 bits per heavy atom. The van der Waals surface area contributed by atoms with Gasteiger partial charge in [-0.05, 0) is 107 Å². The van der Waals surface area contributed by atoms with Crippen LogP contribution in [-0.4, -0.2) is 49.1 Å². The first-order chi connectivity index (χ1) is 21.2. The first kappa shape index (κ1) is 31.1. The molecule has 1 amide bonds.